The minimum atomic E-state index is -0.0864. The summed E-state index contributed by atoms with van der Waals surface area (Å²) in [6.45, 7) is 5.34. The Morgan fingerprint density at radius 1 is 1.38 bits per heavy atom. The molecule has 0 saturated heterocycles. The van der Waals surface area contributed by atoms with Crippen molar-refractivity contribution < 1.29 is 4.79 Å². The summed E-state index contributed by atoms with van der Waals surface area (Å²) in [4.78, 5) is 17.9. The van der Waals surface area contributed by atoms with E-state index in [0.717, 1.165) is 24.2 Å². The molecule has 0 atom stereocenters. The first-order chi connectivity index (χ1) is 10.3. The molecule has 0 aliphatic carbocycles. The third kappa shape index (κ3) is 3.81. The Morgan fingerprint density at radius 2 is 2.24 bits per heavy atom. The van der Waals surface area contributed by atoms with E-state index in [2.05, 4.69) is 22.3 Å². The van der Waals surface area contributed by atoms with Crippen molar-refractivity contribution in [2.75, 3.05) is 18.0 Å². The second kappa shape index (κ2) is 7.42. The van der Waals surface area contributed by atoms with Gasteiger partial charge in [-0.2, -0.15) is 5.10 Å². The third-order valence-corrected chi connectivity index (χ3v) is 3.16. The summed E-state index contributed by atoms with van der Waals surface area (Å²) < 4.78 is 1.71. The number of aromatic nitrogens is 3. The Kier molecular flexibility index (Phi) is 5.31. The molecule has 0 radical (unpaired) electrons. The van der Waals surface area contributed by atoms with Gasteiger partial charge in [0.15, 0.2) is 0 Å². The van der Waals surface area contributed by atoms with E-state index < -0.39 is 0 Å². The van der Waals surface area contributed by atoms with Gasteiger partial charge >= 0.3 is 6.03 Å². The average molecular weight is 287 g/mol. The van der Waals surface area contributed by atoms with Crippen LogP contribution in [-0.2, 0) is 0 Å². The summed E-state index contributed by atoms with van der Waals surface area (Å²) in [5.41, 5.74) is 1.64. The van der Waals surface area contributed by atoms with Crippen LogP contribution in [0.5, 0.6) is 0 Å². The van der Waals surface area contributed by atoms with E-state index in [0.29, 0.717) is 13.1 Å². The molecule has 6 nitrogen and oxygen atoms in total. The summed E-state index contributed by atoms with van der Waals surface area (Å²) in [5, 5.41) is 7.21. The smallest absolute Gasteiger partial charge is 0.321 e. The van der Waals surface area contributed by atoms with Gasteiger partial charge in [-0.3, -0.25) is 9.88 Å². The Bertz CT molecular complexity index is 566. The molecule has 0 unspecified atom stereocenters. The molecule has 6 heteroatoms. The Morgan fingerprint density at radius 3 is 2.90 bits per heavy atom. The van der Waals surface area contributed by atoms with Gasteiger partial charge in [0.05, 0.1) is 30.0 Å². The number of anilines is 1. The molecule has 0 bridgehead atoms. The van der Waals surface area contributed by atoms with E-state index in [1.165, 1.54) is 0 Å². The highest BCUT2D eigenvalue weighted by molar-refractivity contribution is 5.91. The lowest BCUT2D eigenvalue weighted by Gasteiger charge is -2.19. The Balaban J connectivity index is 2.09. The Labute approximate surface area is 124 Å². The van der Waals surface area contributed by atoms with Gasteiger partial charge in [0.1, 0.15) is 0 Å². The molecular formula is C15H21N5O. The molecule has 2 heterocycles. The van der Waals surface area contributed by atoms with Gasteiger partial charge in [0, 0.05) is 19.3 Å². The van der Waals surface area contributed by atoms with Gasteiger partial charge in [-0.25, -0.2) is 9.48 Å². The van der Waals surface area contributed by atoms with Crippen LogP contribution >= 0.6 is 0 Å². The summed E-state index contributed by atoms with van der Waals surface area (Å²) in [6, 6.07) is 3.68. The molecule has 0 aliphatic rings. The van der Waals surface area contributed by atoms with E-state index in [9.17, 15) is 4.79 Å². The quantitative estimate of drug-likeness (QED) is 0.831. The van der Waals surface area contributed by atoms with Gasteiger partial charge in [-0.15, -0.1) is 0 Å². The van der Waals surface area contributed by atoms with Gasteiger partial charge in [0.25, 0.3) is 0 Å². The second-order valence-corrected chi connectivity index (χ2v) is 4.68. The lowest BCUT2D eigenvalue weighted by molar-refractivity contribution is 0.246. The largest absolute Gasteiger partial charge is 0.338 e. The van der Waals surface area contributed by atoms with Crippen molar-refractivity contribution in [2.24, 2.45) is 0 Å². The zero-order valence-corrected chi connectivity index (χ0v) is 12.5. The second-order valence-electron chi connectivity index (χ2n) is 4.68. The van der Waals surface area contributed by atoms with E-state index in [4.69, 9.17) is 0 Å². The zero-order chi connectivity index (χ0) is 15.1. The fourth-order valence-electron chi connectivity index (χ4n) is 1.99. The number of amides is 2. The number of nitrogens with one attached hydrogen (secondary N) is 1. The van der Waals surface area contributed by atoms with Crippen LogP contribution in [-0.4, -0.2) is 33.9 Å². The van der Waals surface area contributed by atoms with E-state index in [1.54, 1.807) is 28.2 Å². The molecule has 2 amide bonds. The molecule has 112 valence electrons. The maximum absolute atomic E-state index is 12.2. The number of urea groups is 1. The number of pyridine rings is 1. The monoisotopic (exact) mass is 287 g/mol. The normalized spacial score (nSPS) is 10.4. The molecule has 0 aliphatic heterocycles. The fraction of sp³-hybridized carbons (Fsp3) is 0.400. The van der Waals surface area contributed by atoms with Gasteiger partial charge in [-0.1, -0.05) is 13.3 Å². The van der Waals surface area contributed by atoms with Crippen LogP contribution < -0.4 is 10.2 Å². The maximum Gasteiger partial charge on any atom is 0.321 e. The minimum Gasteiger partial charge on any atom is -0.338 e. The molecule has 2 aromatic heterocycles. The molecule has 2 aromatic rings. The van der Waals surface area contributed by atoms with Crippen molar-refractivity contribution in [3.63, 3.8) is 0 Å². The summed E-state index contributed by atoms with van der Waals surface area (Å²) in [7, 11) is 0. The number of unbranched alkanes of at least 4 members (excludes halogenated alkanes) is 1. The summed E-state index contributed by atoms with van der Waals surface area (Å²) >= 11 is 0. The molecule has 0 aromatic carbocycles. The molecular weight excluding hydrogens is 266 g/mol. The standard InChI is InChI=1S/C15H21N5O/c1-3-5-9-17-15(21)19(4-2)14-11-18-20(12-14)13-7-6-8-16-10-13/h6-8,10-12H,3-5,9H2,1-2H3,(H,17,21). The van der Waals surface area contributed by atoms with Crippen LogP contribution in [0.15, 0.2) is 36.9 Å². The van der Waals surface area contributed by atoms with Crippen molar-refractivity contribution in [1.29, 1.82) is 0 Å². The fourth-order valence-corrected chi connectivity index (χ4v) is 1.99. The molecule has 21 heavy (non-hydrogen) atoms. The number of hydrogen-bond acceptors (Lipinski definition) is 3. The lowest BCUT2D eigenvalue weighted by Crippen LogP contribution is -2.40. The number of nitrogens with zero attached hydrogens (tertiary/aromatic N) is 4. The zero-order valence-electron chi connectivity index (χ0n) is 12.5. The number of hydrogen-bond donors (Lipinski definition) is 1. The minimum absolute atomic E-state index is 0.0864. The predicted octanol–water partition coefficient (Wildman–Crippen LogP) is 2.60. The number of carbonyl (C=O) groups excluding carboxylic acids is 1. The highest BCUT2D eigenvalue weighted by Gasteiger charge is 2.15. The summed E-state index contributed by atoms with van der Waals surface area (Å²) in [6.07, 6.45) is 9.02. The SMILES string of the molecule is CCCCNC(=O)N(CC)c1cnn(-c2cccnc2)c1. The molecule has 0 fully saturated rings. The van der Waals surface area contributed by atoms with Crippen molar-refractivity contribution in [2.45, 2.75) is 26.7 Å². The number of rotatable bonds is 6. The van der Waals surface area contributed by atoms with Gasteiger partial charge < -0.3 is 5.32 Å². The van der Waals surface area contributed by atoms with Crippen LogP contribution in [0.3, 0.4) is 0 Å². The highest BCUT2D eigenvalue weighted by Crippen LogP contribution is 2.15. The van der Waals surface area contributed by atoms with Crippen molar-refractivity contribution in [3.05, 3.63) is 36.9 Å². The van der Waals surface area contributed by atoms with Crippen LogP contribution in [0.2, 0.25) is 0 Å². The van der Waals surface area contributed by atoms with E-state index in [1.807, 2.05) is 25.3 Å². The van der Waals surface area contributed by atoms with E-state index in [-0.39, 0.29) is 6.03 Å². The predicted molar refractivity (Wildman–Crippen MR) is 82.7 cm³/mol. The van der Waals surface area contributed by atoms with Crippen LogP contribution in [0.25, 0.3) is 5.69 Å². The topological polar surface area (TPSA) is 63.1 Å². The Hall–Kier alpha value is -2.37. The first-order valence-electron chi connectivity index (χ1n) is 7.26. The third-order valence-electron chi connectivity index (χ3n) is 3.16. The molecule has 0 spiro atoms. The highest BCUT2D eigenvalue weighted by atomic mass is 16.2. The van der Waals surface area contributed by atoms with E-state index >= 15 is 0 Å². The van der Waals surface area contributed by atoms with Gasteiger partial charge in [-0.05, 0) is 25.5 Å². The van der Waals surface area contributed by atoms with Crippen molar-refractivity contribution >= 4 is 11.7 Å². The molecule has 2 rings (SSSR count). The first-order valence-corrected chi connectivity index (χ1v) is 7.26. The number of carbonyl (C=O) groups is 1. The van der Waals surface area contributed by atoms with Crippen LogP contribution in [0.1, 0.15) is 26.7 Å². The van der Waals surface area contributed by atoms with Crippen molar-refractivity contribution in [3.8, 4) is 5.69 Å². The van der Waals surface area contributed by atoms with Gasteiger partial charge in [0.2, 0.25) is 0 Å². The summed E-state index contributed by atoms with van der Waals surface area (Å²) in [5.74, 6) is 0. The van der Waals surface area contributed by atoms with Crippen LogP contribution in [0, 0.1) is 0 Å². The average Bonchev–Trinajstić information content (AvgIpc) is 2.99. The lowest BCUT2D eigenvalue weighted by atomic mass is 10.3. The van der Waals surface area contributed by atoms with Crippen molar-refractivity contribution in [1.82, 2.24) is 20.1 Å². The van der Waals surface area contributed by atoms with Crippen LogP contribution in [0.4, 0.5) is 10.5 Å². The first kappa shape index (κ1) is 15.0. The molecule has 1 N–H and O–H groups in total. The molecule has 0 saturated carbocycles. The maximum atomic E-state index is 12.2.